The number of nitrogens with two attached hydrogens (primary N) is 1. The third-order valence-corrected chi connectivity index (χ3v) is 1.83. The van der Waals surface area contributed by atoms with Gasteiger partial charge in [-0.25, -0.2) is 5.01 Å². The predicted molar refractivity (Wildman–Crippen MR) is 45.9 cm³/mol. The minimum Gasteiger partial charge on any atom is -0.343 e. The highest BCUT2D eigenvalue weighted by atomic mass is 16.2. The van der Waals surface area contributed by atoms with E-state index in [1.807, 2.05) is 6.92 Å². The van der Waals surface area contributed by atoms with E-state index in [-0.39, 0.29) is 5.91 Å². The highest BCUT2D eigenvalue weighted by molar-refractivity contribution is 5.90. The second-order valence-electron chi connectivity index (χ2n) is 2.89. The lowest BCUT2D eigenvalue weighted by Crippen LogP contribution is -2.48. The number of nitrogens with zero attached hydrogens (tertiary/aromatic N) is 2. The average molecular weight is 181 g/mol. The zero-order valence-corrected chi connectivity index (χ0v) is 7.24. The van der Waals surface area contributed by atoms with Gasteiger partial charge in [0.2, 0.25) is 0 Å². The number of amides is 1. The SMILES string of the molecule is CC1=CC(=O)N2NN(CN)C=C2N1. The molecule has 70 valence electrons. The van der Waals surface area contributed by atoms with Gasteiger partial charge in [0.25, 0.3) is 5.91 Å². The Hall–Kier alpha value is -1.53. The first kappa shape index (κ1) is 8.09. The molecule has 0 fully saturated rings. The van der Waals surface area contributed by atoms with E-state index >= 15 is 0 Å². The molecule has 0 aromatic heterocycles. The second kappa shape index (κ2) is 2.75. The van der Waals surface area contributed by atoms with Crippen molar-refractivity contribution in [2.24, 2.45) is 5.73 Å². The number of allylic oxidation sites excluding steroid dienone is 1. The molecule has 0 atom stereocenters. The molecule has 13 heavy (non-hydrogen) atoms. The van der Waals surface area contributed by atoms with Crippen LogP contribution in [0.4, 0.5) is 0 Å². The lowest BCUT2D eigenvalue weighted by Gasteiger charge is -2.24. The largest absolute Gasteiger partial charge is 0.343 e. The maximum atomic E-state index is 11.4. The van der Waals surface area contributed by atoms with Gasteiger partial charge in [-0.2, -0.15) is 0 Å². The summed E-state index contributed by atoms with van der Waals surface area (Å²) >= 11 is 0. The molecule has 4 N–H and O–H groups in total. The summed E-state index contributed by atoms with van der Waals surface area (Å²) in [7, 11) is 0. The number of rotatable bonds is 1. The van der Waals surface area contributed by atoms with E-state index in [4.69, 9.17) is 5.73 Å². The number of hydrogen-bond acceptors (Lipinski definition) is 5. The molecule has 0 saturated heterocycles. The van der Waals surface area contributed by atoms with E-state index in [1.54, 1.807) is 11.2 Å². The van der Waals surface area contributed by atoms with Crippen LogP contribution in [0.5, 0.6) is 0 Å². The van der Waals surface area contributed by atoms with Gasteiger partial charge in [0.1, 0.15) is 5.82 Å². The molecule has 1 amide bonds. The van der Waals surface area contributed by atoms with Crippen molar-refractivity contribution >= 4 is 5.91 Å². The zero-order chi connectivity index (χ0) is 9.42. The molecule has 0 bridgehead atoms. The summed E-state index contributed by atoms with van der Waals surface area (Å²) in [5, 5.41) is 6.06. The van der Waals surface area contributed by atoms with Crippen LogP contribution in [0.2, 0.25) is 0 Å². The first-order valence-electron chi connectivity index (χ1n) is 3.95. The van der Waals surface area contributed by atoms with Crippen LogP contribution in [0.25, 0.3) is 0 Å². The molecule has 0 aromatic carbocycles. The van der Waals surface area contributed by atoms with E-state index < -0.39 is 0 Å². The predicted octanol–water partition coefficient (Wildman–Crippen LogP) is -1.23. The molecule has 6 heteroatoms. The van der Waals surface area contributed by atoms with Gasteiger partial charge in [-0.15, -0.1) is 5.53 Å². The monoisotopic (exact) mass is 181 g/mol. The molecule has 0 spiro atoms. The number of carbonyl (C=O) groups is 1. The summed E-state index contributed by atoms with van der Waals surface area (Å²) in [5.74, 6) is 0.605. The van der Waals surface area contributed by atoms with Crippen LogP contribution in [-0.2, 0) is 4.79 Å². The Bertz CT molecular complexity index is 308. The number of hydrogen-bond donors (Lipinski definition) is 3. The summed E-state index contributed by atoms with van der Waals surface area (Å²) in [4.78, 5) is 11.4. The van der Waals surface area contributed by atoms with Crippen LogP contribution in [0.15, 0.2) is 23.8 Å². The van der Waals surface area contributed by atoms with Gasteiger partial charge in [-0.1, -0.05) is 0 Å². The molecule has 0 aliphatic carbocycles. The van der Waals surface area contributed by atoms with Crippen molar-refractivity contribution in [1.29, 1.82) is 0 Å². The van der Waals surface area contributed by atoms with Crippen molar-refractivity contribution < 1.29 is 4.79 Å². The van der Waals surface area contributed by atoms with Gasteiger partial charge < -0.3 is 11.1 Å². The van der Waals surface area contributed by atoms with Crippen LogP contribution < -0.4 is 16.6 Å². The van der Waals surface area contributed by atoms with Gasteiger partial charge in [0.05, 0.1) is 12.9 Å². The van der Waals surface area contributed by atoms with Crippen molar-refractivity contribution in [1.82, 2.24) is 20.9 Å². The minimum absolute atomic E-state index is 0.0987. The summed E-state index contributed by atoms with van der Waals surface area (Å²) < 4.78 is 0. The Labute approximate surface area is 75.6 Å². The lowest BCUT2D eigenvalue weighted by molar-refractivity contribution is -0.129. The smallest absolute Gasteiger partial charge is 0.269 e. The van der Waals surface area contributed by atoms with Crippen molar-refractivity contribution in [3.8, 4) is 0 Å². The lowest BCUT2D eigenvalue weighted by atomic mass is 10.3. The van der Waals surface area contributed by atoms with Crippen molar-refractivity contribution in [3.63, 3.8) is 0 Å². The van der Waals surface area contributed by atoms with Gasteiger partial charge in [-0.3, -0.25) is 9.80 Å². The summed E-state index contributed by atoms with van der Waals surface area (Å²) in [5.41, 5.74) is 9.04. The summed E-state index contributed by atoms with van der Waals surface area (Å²) in [6, 6.07) is 0. The van der Waals surface area contributed by atoms with Crippen LogP contribution in [0, 0.1) is 0 Å². The first-order chi connectivity index (χ1) is 6.20. The highest BCUT2D eigenvalue weighted by Crippen LogP contribution is 2.14. The Morgan fingerprint density at radius 2 is 2.38 bits per heavy atom. The van der Waals surface area contributed by atoms with E-state index in [0.717, 1.165) is 5.70 Å². The fourth-order valence-corrected chi connectivity index (χ4v) is 1.25. The first-order valence-corrected chi connectivity index (χ1v) is 3.95. The van der Waals surface area contributed by atoms with Crippen LogP contribution >= 0.6 is 0 Å². The standard InChI is InChI=1S/C7H11N5O/c1-5-2-7(13)12-6(9-5)3-11(4-8)10-12/h2-3,9-10H,4,8H2,1H3. The topological polar surface area (TPSA) is 73.6 Å². The zero-order valence-electron chi connectivity index (χ0n) is 7.24. The molecule has 0 unspecified atom stereocenters. The fourth-order valence-electron chi connectivity index (χ4n) is 1.25. The molecular weight excluding hydrogens is 170 g/mol. The normalized spacial score (nSPS) is 20.9. The maximum Gasteiger partial charge on any atom is 0.269 e. The molecule has 0 saturated carbocycles. The van der Waals surface area contributed by atoms with E-state index in [0.29, 0.717) is 12.5 Å². The summed E-state index contributed by atoms with van der Waals surface area (Å²) in [6.45, 7) is 2.15. The molecule has 2 rings (SSSR count). The number of fused-ring (bicyclic) bond motifs is 1. The van der Waals surface area contributed by atoms with Gasteiger partial charge >= 0.3 is 0 Å². The molecular formula is C7H11N5O. The van der Waals surface area contributed by atoms with Gasteiger partial charge in [-0.05, 0) is 6.92 Å². The number of carbonyl (C=O) groups excluding carboxylic acids is 1. The average Bonchev–Trinajstić information content (AvgIpc) is 2.47. The van der Waals surface area contributed by atoms with Crippen molar-refractivity contribution in [3.05, 3.63) is 23.8 Å². The van der Waals surface area contributed by atoms with Gasteiger partial charge in [0, 0.05) is 11.8 Å². The quantitative estimate of drug-likeness (QED) is 0.472. The molecule has 2 heterocycles. The fraction of sp³-hybridized carbons (Fsp3) is 0.286. The van der Waals surface area contributed by atoms with E-state index in [2.05, 4.69) is 10.9 Å². The molecule has 6 nitrogen and oxygen atoms in total. The van der Waals surface area contributed by atoms with Crippen molar-refractivity contribution in [2.45, 2.75) is 6.92 Å². The molecule has 2 aliphatic rings. The van der Waals surface area contributed by atoms with Crippen LogP contribution in [0.1, 0.15) is 6.92 Å². The molecule has 0 aromatic rings. The third kappa shape index (κ3) is 1.25. The number of hydrazine groups is 2. The van der Waals surface area contributed by atoms with Crippen molar-refractivity contribution in [2.75, 3.05) is 6.67 Å². The second-order valence-corrected chi connectivity index (χ2v) is 2.89. The van der Waals surface area contributed by atoms with Crippen LogP contribution in [0.3, 0.4) is 0 Å². The molecule has 0 radical (unpaired) electrons. The molecule has 2 aliphatic heterocycles. The van der Waals surface area contributed by atoms with E-state index in [9.17, 15) is 4.79 Å². The summed E-state index contributed by atoms with van der Waals surface area (Å²) in [6.07, 6.45) is 3.26. The Balaban J connectivity index is 2.24. The Morgan fingerprint density at radius 3 is 3.08 bits per heavy atom. The van der Waals surface area contributed by atoms with Crippen LogP contribution in [-0.4, -0.2) is 22.6 Å². The third-order valence-electron chi connectivity index (χ3n) is 1.83. The Kier molecular flexibility index (Phi) is 1.71. The Morgan fingerprint density at radius 1 is 1.62 bits per heavy atom. The minimum atomic E-state index is -0.0987. The number of nitrogens with one attached hydrogen (secondary N) is 2. The maximum absolute atomic E-state index is 11.4. The highest BCUT2D eigenvalue weighted by Gasteiger charge is 2.27. The van der Waals surface area contributed by atoms with Gasteiger partial charge in [0.15, 0.2) is 0 Å². The van der Waals surface area contributed by atoms with E-state index in [1.165, 1.54) is 11.1 Å².